The fourth-order valence-electron chi connectivity index (χ4n) is 2.27. The van der Waals surface area contributed by atoms with Gasteiger partial charge in [-0.1, -0.05) is 6.07 Å². The predicted octanol–water partition coefficient (Wildman–Crippen LogP) is 1.43. The van der Waals surface area contributed by atoms with Crippen LogP contribution in [0.1, 0.15) is 0 Å². The number of rotatable bonds is 3. The van der Waals surface area contributed by atoms with Crippen molar-refractivity contribution < 1.29 is 4.79 Å². The minimum atomic E-state index is -0.0955. The molecule has 0 aliphatic carbocycles. The van der Waals surface area contributed by atoms with Crippen molar-refractivity contribution in [3.05, 3.63) is 42.7 Å². The van der Waals surface area contributed by atoms with E-state index in [0.29, 0.717) is 17.0 Å². The van der Waals surface area contributed by atoms with Crippen LogP contribution in [0.2, 0.25) is 0 Å². The number of aromatic nitrogens is 3. The maximum Gasteiger partial charge on any atom is 0.239 e. The van der Waals surface area contributed by atoms with Gasteiger partial charge in [-0.3, -0.25) is 9.78 Å². The zero-order valence-corrected chi connectivity index (χ0v) is 11.6. The van der Waals surface area contributed by atoms with E-state index in [0.717, 1.165) is 11.1 Å². The van der Waals surface area contributed by atoms with E-state index in [1.54, 1.807) is 25.5 Å². The van der Waals surface area contributed by atoms with Gasteiger partial charge in [0.2, 0.25) is 5.91 Å². The highest BCUT2D eigenvalue weighted by Gasteiger charge is 2.16. The summed E-state index contributed by atoms with van der Waals surface area (Å²) < 4.78 is 1.85. The van der Waals surface area contributed by atoms with Gasteiger partial charge in [0.05, 0.1) is 11.2 Å². The number of amides is 1. The van der Waals surface area contributed by atoms with Crippen molar-refractivity contribution in [1.29, 1.82) is 0 Å². The molecule has 2 heterocycles. The summed E-state index contributed by atoms with van der Waals surface area (Å²) in [6.07, 6.45) is 3.42. The van der Waals surface area contributed by atoms with Crippen molar-refractivity contribution in [3.8, 4) is 11.4 Å². The van der Waals surface area contributed by atoms with Crippen LogP contribution in [0.4, 0.5) is 5.69 Å². The number of hydrogen-bond donors (Lipinski definition) is 2. The Morgan fingerprint density at radius 2 is 2.19 bits per heavy atom. The molecule has 1 aromatic carbocycles. The van der Waals surface area contributed by atoms with Crippen molar-refractivity contribution in [2.45, 2.75) is 6.54 Å². The molecule has 0 radical (unpaired) electrons. The van der Waals surface area contributed by atoms with Gasteiger partial charge in [-0.05, 0) is 24.3 Å². The third-order valence-corrected chi connectivity index (χ3v) is 3.31. The summed E-state index contributed by atoms with van der Waals surface area (Å²) in [6.45, 7) is 0.181. The summed E-state index contributed by atoms with van der Waals surface area (Å²) in [5.74, 6) is 0.585. The van der Waals surface area contributed by atoms with Gasteiger partial charge in [0.1, 0.15) is 17.9 Å². The van der Waals surface area contributed by atoms with E-state index in [4.69, 9.17) is 5.73 Å². The van der Waals surface area contributed by atoms with Crippen LogP contribution >= 0.6 is 0 Å². The molecule has 0 aliphatic rings. The summed E-state index contributed by atoms with van der Waals surface area (Å²) in [5, 5.41) is 2.63. The Kier molecular flexibility index (Phi) is 3.27. The van der Waals surface area contributed by atoms with Crippen LogP contribution in [-0.4, -0.2) is 27.5 Å². The second-order valence-electron chi connectivity index (χ2n) is 4.65. The molecule has 1 amide bonds. The quantitative estimate of drug-likeness (QED) is 0.711. The van der Waals surface area contributed by atoms with E-state index in [1.165, 1.54) is 0 Å². The van der Waals surface area contributed by atoms with Crippen molar-refractivity contribution >= 4 is 22.6 Å². The molecule has 6 heteroatoms. The molecule has 21 heavy (non-hydrogen) atoms. The van der Waals surface area contributed by atoms with Gasteiger partial charge in [0.15, 0.2) is 0 Å². The number of anilines is 1. The number of carbonyl (C=O) groups excluding carboxylic acids is 1. The average molecular weight is 281 g/mol. The molecule has 0 atom stereocenters. The Balaban J connectivity index is 2.25. The first-order valence-corrected chi connectivity index (χ1v) is 6.56. The number of benzene rings is 1. The lowest BCUT2D eigenvalue weighted by Gasteiger charge is -2.08. The number of pyridine rings is 1. The van der Waals surface area contributed by atoms with Gasteiger partial charge in [0, 0.05) is 25.0 Å². The minimum absolute atomic E-state index is 0.0955. The largest absolute Gasteiger partial charge is 0.397 e. The second kappa shape index (κ2) is 5.24. The smallest absolute Gasteiger partial charge is 0.239 e. The first kappa shape index (κ1) is 13.1. The lowest BCUT2D eigenvalue weighted by molar-refractivity contribution is -0.121. The SMILES string of the molecule is CNC(=O)Cn1c(-c2cccnc2)nc2c(N)cccc21. The zero-order chi connectivity index (χ0) is 14.8. The molecule has 0 aliphatic heterocycles. The number of hydrogen-bond acceptors (Lipinski definition) is 4. The molecular formula is C15H15N5O. The summed E-state index contributed by atoms with van der Waals surface area (Å²) >= 11 is 0. The van der Waals surface area contributed by atoms with Gasteiger partial charge >= 0.3 is 0 Å². The number of para-hydroxylation sites is 1. The number of nitrogen functional groups attached to an aromatic ring is 1. The van der Waals surface area contributed by atoms with Crippen LogP contribution in [0.5, 0.6) is 0 Å². The Bertz CT molecular complexity index is 794. The standard InChI is InChI=1S/C15H15N5O/c1-17-13(21)9-20-12-6-2-5-11(16)14(12)19-15(20)10-4-3-7-18-8-10/h2-8H,9,16H2,1H3,(H,17,21). The Labute approximate surface area is 121 Å². The van der Waals surface area contributed by atoms with Gasteiger partial charge in [0.25, 0.3) is 0 Å². The Morgan fingerprint density at radius 3 is 2.90 bits per heavy atom. The second-order valence-corrected chi connectivity index (χ2v) is 4.65. The van der Waals surface area contributed by atoms with E-state index in [9.17, 15) is 4.79 Å². The zero-order valence-electron chi connectivity index (χ0n) is 11.6. The van der Waals surface area contributed by atoms with E-state index < -0.39 is 0 Å². The summed E-state index contributed by atoms with van der Waals surface area (Å²) in [5.41, 5.74) is 8.95. The minimum Gasteiger partial charge on any atom is -0.397 e. The molecule has 0 spiro atoms. The molecule has 106 valence electrons. The molecular weight excluding hydrogens is 266 g/mol. The van der Waals surface area contributed by atoms with Crippen molar-refractivity contribution in [3.63, 3.8) is 0 Å². The van der Waals surface area contributed by atoms with Gasteiger partial charge in [-0.25, -0.2) is 4.98 Å². The molecule has 0 unspecified atom stereocenters. The van der Waals surface area contributed by atoms with Gasteiger partial charge < -0.3 is 15.6 Å². The molecule has 0 fully saturated rings. The number of carbonyl (C=O) groups is 1. The number of nitrogens with zero attached hydrogens (tertiary/aromatic N) is 3. The van der Waals surface area contributed by atoms with Gasteiger partial charge in [-0.15, -0.1) is 0 Å². The average Bonchev–Trinajstić information content (AvgIpc) is 2.88. The normalized spacial score (nSPS) is 10.7. The van der Waals surface area contributed by atoms with E-state index in [1.807, 2.05) is 28.8 Å². The number of nitrogens with two attached hydrogens (primary N) is 1. The lowest BCUT2D eigenvalue weighted by Crippen LogP contribution is -2.23. The maximum absolute atomic E-state index is 11.8. The molecule has 3 aromatic rings. The van der Waals surface area contributed by atoms with Crippen LogP contribution in [0.15, 0.2) is 42.7 Å². The van der Waals surface area contributed by atoms with Crippen LogP contribution in [-0.2, 0) is 11.3 Å². The van der Waals surface area contributed by atoms with Crippen LogP contribution in [0.25, 0.3) is 22.4 Å². The third kappa shape index (κ3) is 2.31. The van der Waals surface area contributed by atoms with E-state index in [-0.39, 0.29) is 12.5 Å². The van der Waals surface area contributed by atoms with E-state index >= 15 is 0 Å². The van der Waals surface area contributed by atoms with Crippen LogP contribution < -0.4 is 11.1 Å². The predicted molar refractivity (Wildman–Crippen MR) is 81.4 cm³/mol. The molecule has 0 saturated carbocycles. The molecule has 0 bridgehead atoms. The molecule has 3 N–H and O–H groups in total. The molecule has 6 nitrogen and oxygen atoms in total. The number of imidazole rings is 1. The van der Waals surface area contributed by atoms with Crippen molar-refractivity contribution in [2.24, 2.45) is 0 Å². The number of likely N-dealkylation sites (N-methyl/N-ethyl adjacent to an activating group) is 1. The molecule has 2 aromatic heterocycles. The Morgan fingerprint density at radius 1 is 1.33 bits per heavy atom. The van der Waals surface area contributed by atoms with E-state index in [2.05, 4.69) is 15.3 Å². The maximum atomic E-state index is 11.8. The molecule has 3 rings (SSSR count). The third-order valence-electron chi connectivity index (χ3n) is 3.31. The lowest BCUT2D eigenvalue weighted by atomic mass is 10.2. The number of nitrogens with one attached hydrogen (secondary N) is 1. The summed E-state index contributed by atoms with van der Waals surface area (Å²) in [6, 6.07) is 9.30. The Hall–Kier alpha value is -2.89. The monoisotopic (exact) mass is 281 g/mol. The number of fused-ring (bicyclic) bond motifs is 1. The van der Waals surface area contributed by atoms with Crippen LogP contribution in [0.3, 0.4) is 0 Å². The summed E-state index contributed by atoms with van der Waals surface area (Å²) in [4.78, 5) is 20.5. The first-order chi connectivity index (χ1) is 10.2. The first-order valence-electron chi connectivity index (χ1n) is 6.56. The highest BCUT2D eigenvalue weighted by molar-refractivity contribution is 5.91. The summed E-state index contributed by atoms with van der Waals surface area (Å²) in [7, 11) is 1.61. The van der Waals surface area contributed by atoms with Crippen molar-refractivity contribution in [1.82, 2.24) is 19.9 Å². The van der Waals surface area contributed by atoms with Crippen LogP contribution in [0, 0.1) is 0 Å². The fraction of sp³-hybridized carbons (Fsp3) is 0.133. The highest BCUT2D eigenvalue weighted by atomic mass is 16.1. The van der Waals surface area contributed by atoms with Crippen molar-refractivity contribution in [2.75, 3.05) is 12.8 Å². The topological polar surface area (TPSA) is 85.8 Å². The molecule has 0 saturated heterocycles. The van der Waals surface area contributed by atoms with Gasteiger partial charge in [-0.2, -0.15) is 0 Å². The fourth-order valence-corrected chi connectivity index (χ4v) is 2.27. The highest BCUT2D eigenvalue weighted by Crippen LogP contribution is 2.27.